The average molecular weight is 1020 g/mol. The molecule has 4 rings (SSSR count). The predicted molar refractivity (Wildman–Crippen MR) is 280 cm³/mol. The Morgan fingerprint density at radius 3 is 2.21 bits per heavy atom. The molecule has 1 aromatic heterocycles. The van der Waals surface area contributed by atoms with E-state index >= 15 is 0 Å². The molecule has 0 radical (unpaired) electrons. The van der Waals surface area contributed by atoms with Gasteiger partial charge in [0.15, 0.2) is 0 Å². The van der Waals surface area contributed by atoms with Gasteiger partial charge in [-0.15, -0.1) is 0 Å². The van der Waals surface area contributed by atoms with E-state index in [1.165, 1.54) is 30.3 Å². The molecule has 0 bridgehead atoms. The van der Waals surface area contributed by atoms with Crippen LogP contribution in [0.3, 0.4) is 0 Å². The van der Waals surface area contributed by atoms with E-state index in [1.807, 2.05) is 46.4 Å². The first-order valence-corrected chi connectivity index (χ1v) is 28.6. The molecular weight excluding hydrogens is 932 g/mol. The number of nitrogens with one attached hydrogen (secondary N) is 6. The van der Waals surface area contributed by atoms with Crippen molar-refractivity contribution in [3.8, 4) is 6.07 Å². The molecular formula is C50H89N10O8PS. The van der Waals surface area contributed by atoms with Crippen LogP contribution in [0.5, 0.6) is 0 Å². The SMILES string of the molecule is [2H]C([3H])OCC1OC(n2cc(C)c(NCCCCCCCNC(=O)CCCCCCNC(=O)CCCCCNCCCCCC3SCC4NC(=O)NC43)nc2=O)CC1OP(OCCC#N)N(C(C)C)C(C)C. The fourth-order valence-corrected chi connectivity index (χ4v) is 12.5. The fourth-order valence-electron chi connectivity index (χ4n) is 9.23. The topological polar surface area (TPSA) is 222 Å². The lowest BCUT2D eigenvalue weighted by molar-refractivity contribution is -0.121. The van der Waals surface area contributed by atoms with Gasteiger partial charge in [-0.3, -0.25) is 14.2 Å². The second kappa shape index (κ2) is 34.4. The largest absolute Gasteiger partial charge is 0.382 e. The number of hydrogen-bond acceptors (Lipinski definition) is 14. The van der Waals surface area contributed by atoms with E-state index in [0.29, 0.717) is 62.0 Å². The van der Waals surface area contributed by atoms with Gasteiger partial charge in [0.25, 0.3) is 8.53 Å². The molecule has 3 fully saturated rings. The summed E-state index contributed by atoms with van der Waals surface area (Å²) in [6.07, 6.45) is 17.8. The average Bonchev–Trinajstić information content (AvgIpc) is 4.03. The zero-order valence-corrected chi connectivity index (χ0v) is 44.7. The summed E-state index contributed by atoms with van der Waals surface area (Å²) in [6, 6.07) is 2.88. The van der Waals surface area contributed by atoms with E-state index in [-0.39, 0.29) is 49.6 Å². The van der Waals surface area contributed by atoms with Crippen LogP contribution in [0.15, 0.2) is 11.0 Å². The summed E-state index contributed by atoms with van der Waals surface area (Å²) in [5.41, 5.74) is 0.316. The van der Waals surface area contributed by atoms with Crippen molar-refractivity contribution in [3.05, 3.63) is 22.2 Å². The second-order valence-corrected chi connectivity index (χ2v) is 22.1. The monoisotopic (exact) mass is 1020 g/mol. The Hall–Kier alpha value is -3.08. The van der Waals surface area contributed by atoms with Crippen molar-refractivity contribution < 1.29 is 35.6 Å². The summed E-state index contributed by atoms with van der Waals surface area (Å²) in [4.78, 5) is 53.8. The maximum atomic E-state index is 13.4. The highest BCUT2D eigenvalue weighted by Crippen LogP contribution is 2.50. The number of carbonyl (C=O) groups excluding carboxylic acids is 3. The van der Waals surface area contributed by atoms with Crippen LogP contribution in [0.4, 0.5) is 10.6 Å². The van der Waals surface area contributed by atoms with Gasteiger partial charge in [-0.1, -0.05) is 51.4 Å². The van der Waals surface area contributed by atoms with Crippen LogP contribution in [0.1, 0.15) is 171 Å². The number of ether oxygens (including phenoxy) is 2. The Bertz CT molecular complexity index is 1830. The van der Waals surface area contributed by atoms with Gasteiger partial charge in [-0.25, -0.2) is 14.3 Å². The molecule has 6 N–H and O–H groups in total. The number of methoxy groups -OCH3 is 1. The number of aryl methyl sites for hydroxylation is 1. The second-order valence-electron chi connectivity index (χ2n) is 19.4. The molecule has 4 heterocycles. The summed E-state index contributed by atoms with van der Waals surface area (Å²) in [5, 5.41) is 28.7. The zero-order valence-electron chi connectivity index (χ0n) is 45.0. The number of thioether (sulfide) groups is 1. The molecule has 20 heteroatoms. The molecule has 3 saturated heterocycles. The Kier molecular flexibility index (Phi) is 27.6. The van der Waals surface area contributed by atoms with Gasteiger partial charge in [-0.2, -0.15) is 22.0 Å². The van der Waals surface area contributed by atoms with Crippen LogP contribution >= 0.6 is 20.3 Å². The van der Waals surface area contributed by atoms with E-state index < -0.39 is 39.7 Å². The number of unbranched alkanes of at least 4 members (excludes halogenated alkanes) is 11. The molecule has 0 aromatic carbocycles. The minimum Gasteiger partial charge on any atom is -0.382 e. The number of urea groups is 1. The standard InChI is InChI=1S/C50H89N10O8PS/c1-37(2)60(38(3)4)69(66-32-22-26-51)68-41-33-46(67-42(41)35-65-6)59-34-39(5)48(58-50(59)64)55-31-21-10-7-9-19-29-53-44(61)24-15-8-11-20-30-54-45(62)25-16-13-18-28-52-27-17-12-14-23-43-47-40(36-70-43)56-49(63)57-47/h34,37-38,40-43,46-47,52H,7-25,27-33,35-36H2,1-6H3,(H,53,61)(H,54,62)(H,55,58,64)(H2,56,57,63)/i6TD. The molecule has 1 aromatic rings. The number of fused-ring (bicyclic) bond motifs is 1. The fraction of sp³-hybridized carbons (Fsp3) is 0.840. The molecule has 70 heavy (non-hydrogen) atoms. The van der Waals surface area contributed by atoms with Gasteiger partial charge in [0.05, 0.1) is 46.6 Å². The molecule has 0 spiro atoms. The van der Waals surface area contributed by atoms with Crippen LogP contribution in [0, 0.1) is 18.3 Å². The maximum Gasteiger partial charge on any atom is 0.351 e. The molecule has 8 unspecified atom stereocenters. The number of anilines is 1. The number of amides is 4. The van der Waals surface area contributed by atoms with Crippen LogP contribution in [-0.2, 0) is 28.1 Å². The highest BCUT2D eigenvalue weighted by molar-refractivity contribution is 8.00. The van der Waals surface area contributed by atoms with Gasteiger partial charge in [0.1, 0.15) is 18.1 Å². The lowest BCUT2D eigenvalue weighted by Gasteiger charge is -2.37. The van der Waals surface area contributed by atoms with E-state index in [9.17, 15) is 19.2 Å². The molecule has 398 valence electrons. The highest BCUT2D eigenvalue weighted by Gasteiger charge is 2.43. The number of carbonyl (C=O) groups is 3. The smallest absolute Gasteiger partial charge is 0.351 e. The third-order valence-corrected chi connectivity index (χ3v) is 16.6. The maximum absolute atomic E-state index is 13.4. The number of nitriles is 1. The van der Waals surface area contributed by atoms with E-state index in [1.54, 1.807) is 6.20 Å². The van der Waals surface area contributed by atoms with Crippen LogP contribution in [0.2, 0.25) is 0 Å². The molecule has 8 atom stereocenters. The highest BCUT2D eigenvalue weighted by atomic mass is 32.2. The summed E-state index contributed by atoms with van der Waals surface area (Å²) in [7, 11) is -3.11. The normalized spacial score (nSPS) is 22.1. The van der Waals surface area contributed by atoms with Crippen molar-refractivity contribution in [1.82, 2.24) is 40.8 Å². The first-order valence-electron chi connectivity index (χ1n) is 27.6. The Morgan fingerprint density at radius 2 is 1.56 bits per heavy atom. The molecule has 0 saturated carbocycles. The van der Waals surface area contributed by atoms with Gasteiger partial charge in [0, 0.05) is 80.8 Å². The van der Waals surface area contributed by atoms with Crippen molar-refractivity contribution in [2.24, 2.45) is 0 Å². The third-order valence-electron chi connectivity index (χ3n) is 12.9. The lowest BCUT2D eigenvalue weighted by Crippen LogP contribution is -2.36. The summed E-state index contributed by atoms with van der Waals surface area (Å²) < 4.78 is 42.9. The Morgan fingerprint density at radius 1 is 0.943 bits per heavy atom. The van der Waals surface area contributed by atoms with Gasteiger partial charge < -0.3 is 50.4 Å². The first-order chi connectivity index (χ1) is 34.8. The minimum absolute atomic E-state index is 0.0115. The molecule has 4 amide bonds. The lowest BCUT2D eigenvalue weighted by atomic mass is 10.0. The Balaban J connectivity index is 0.962. The predicted octanol–water partition coefficient (Wildman–Crippen LogP) is 7.57. The van der Waals surface area contributed by atoms with Crippen molar-refractivity contribution in [2.75, 3.05) is 64.1 Å². The molecule has 3 aliphatic rings. The van der Waals surface area contributed by atoms with E-state index in [0.717, 1.165) is 101 Å². The summed E-state index contributed by atoms with van der Waals surface area (Å²) >= 11 is 1.98. The number of hydrogen-bond donors (Lipinski definition) is 6. The quantitative estimate of drug-likeness (QED) is 0.0213. The summed E-state index contributed by atoms with van der Waals surface area (Å²) in [6.45, 7) is 14.3. The Labute approximate surface area is 427 Å². The minimum atomic E-state index is -1.60. The summed E-state index contributed by atoms with van der Waals surface area (Å²) in [5.74, 6) is 1.77. The molecule has 0 aliphatic carbocycles. The van der Waals surface area contributed by atoms with Crippen molar-refractivity contribution in [3.63, 3.8) is 0 Å². The van der Waals surface area contributed by atoms with Crippen LogP contribution in [0.25, 0.3) is 0 Å². The van der Waals surface area contributed by atoms with Crippen molar-refractivity contribution >= 4 is 44.0 Å². The zero-order chi connectivity index (χ0) is 52.1. The molecule has 3 aliphatic heterocycles. The van der Waals surface area contributed by atoms with E-state index in [4.69, 9.17) is 26.5 Å². The van der Waals surface area contributed by atoms with Crippen LogP contribution in [-0.4, -0.2) is 132 Å². The first kappa shape index (κ1) is 56.2. The van der Waals surface area contributed by atoms with Crippen molar-refractivity contribution in [2.45, 2.75) is 211 Å². The van der Waals surface area contributed by atoms with Gasteiger partial charge in [0.2, 0.25) is 11.8 Å². The number of nitrogens with zero attached hydrogens (tertiary/aromatic N) is 4. The van der Waals surface area contributed by atoms with Crippen molar-refractivity contribution in [1.29, 1.82) is 5.26 Å². The van der Waals surface area contributed by atoms with Crippen LogP contribution < -0.4 is 37.6 Å². The third kappa shape index (κ3) is 22.0. The molecule has 18 nitrogen and oxygen atoms in total. The van der Waals surface area contributed by atoms with Gasteiger partial charge >= 0.3 is 11.7 Å². The number of rotatable bonds is 39. The number of aromatic nitrogens is 2. The van der Waals surface area contributed by atoms with Gasteiger partial charge in [-0.05, 0) is 99.1 Å². The van der Waals surface area contributed by atoms with E-state index in [2.05, 4.69) is 47.6 Å².